The minimum Gasteiger partial charge on any atom is -0.478 e. The molecule has 0 spiro atoms. The molecule has 20 heavy (non-hydrogen) atoms. The fourth-order valence-electron chi connectivity index (χ4n) is 2.06. The van der Waals surface area contributed by atoms with Crippen LogP contribution in [0, 0.1) is 20.8 Å². The summed E-state index contributed by atoms with van der Waals surface area (Å²) in [7, 11) is 0. The van der Waals surface area contributed by atoms with Crippen LogP contribution in [-0.4, -0.2) is 11.1 Å². The number of benzene rings is 2. The summed E-state index contributed by atoms with van der Waals surface area (Å²) < 4.78 is 5.83. The molecule has 2 aromatic rings. The number of carboxylic acid groups (broad SMARTS) is 1. The Morgan fingerprint density at radius 3 is 2.25 bits per heavy atom. The fourth-order valence-corrected chi connectivity index (χ4v) is 2.39. The first kappa shape index (κ1) is 14.4. The second-order valence-electron chi connectivity index (χ2n) is 4.78. The van der Waals surface area contributed by atoms with Crippen molar-refractivity contribution in [3.05, 3.63) is 57.6 Å². The predicted molar refractivity (Wildman–Crippen MR) is 79.1 cm³/mol. The summed E-state index contributed by atoms with van der Waals surface area (Å²) in [5.41, 5.74) is 2.82. The number of aromatic carboxylic acids is 1. The third kappa shape index (κ3) is 2.94. The molecule has 0 unspecified atom stereocenters. The zero-order valence-electron chi connectivity index (χ0n) is 11.5. The number of carbonyl (C=O) groups is 1. The van der Waals surface area contributed by atoms with E-state index in [1.165, 1.54) is 0 Å². The maximum absolute atomic E-state index is 11.2. The lowest BCUT2D eigenvalue weighted by molar-refractivity contribution is 0.0694. The lowest BCUT2D eigenvalue weighted by atomic mass is 10.1. The molecule has 0 radical (unpaired) electrons. The molecule has 104 valence electrons. The summed E-state index contributed by atoms with van der Waals surface area (Å²) >= 11 is 5.98. The van der Waals surface area contributed by atoms with Gasteiger partial charge < -0.3 is 9.84 Å². The molecular weight excluding hydrogens is 276 g/mol. The van der Waals surface area contributed by atoms with Gasteiger partial charge in [-0.05, 0) is 61.7 Å². The largest absolute Gasteiger partial charge is 0.478 e. The second kappa shape index (κ2) is 5.55. The molecular formula is C16H15ClO3. The average Bonchev–Trinajstić information content (AvgIpc) is 2.33. The number of hydrogen-bond acceptors (Lipinski definition) is 2. The van der Waals surface area contributed by atoms with Gasteiger partial charge in [0.25, 0.3) is 0 Å². The van der Waals surface area contributed by atoms with Gasteiger partial charge in [0.1, 0.15) is 17.1 Å². The number of halogens is 1. The van der Waals surface area contributed by atoms with Gasteiger partial charge in [0, 0.05) is 5.02 Å². The van der Waals surface area contributed by atoms with Crippen LogP contribution < -0.4 is 4.74 Å². The van der Waals surface area contributed by atoms with Gasteiger partial charge in [-0.15, -0.1) is 0 Å². The van der Waals surface area contributed by atoms with E-state index < -0.39 is 5.97 Å². The Kier molecular flexibility index (Phi) is 4.00. The van der Waals surface area contributed by atoms with Crippen molar-refractivity contribution < 1.29 is 14.6 Å². The van der Waals surface area contributed by atoms with E-state index in [-0.39, 0.29) is 5.56 Å². The van der Waals surface area contributed by atoms with Gasteiger partial charge in [-0.2, -0.15) is 0 Å². The predicted octanol–water partition coefficient (Wildman–Crippen LogP) is 4.76. The molecule has 2 rings (SSSR count). The molecule has 0 heterocycles. The fraction of sp³-hybridized carbons (Fsp3) is 0.188. The number of aryl methyl sites for hydroxylation is 3. The second-order valence-corrected chi connectivity index (χ2v) is 5.21. The minimum absolute atomic E-state index is 0.143. The molecule has 0 saturated carbocycles. The average molecular weight is 291 g/mol. The highest BCUT2D eigenvalue weighted by molar-refractivity contribution is 6.30. The molecule has 0 bridgehead atoms. The van der Waals surface area contributed by atoms with E-state index in [9.17, 15) is 9.90 Å². The van der Waals surface area contributed by atoms with Crippen molar-refractivity contribution in [3.63, 3.8) is 0 Å². The Hall–Kier alpha value is -2.00. The third-order valence-corrected chi connectivity index (χ3v) is 3.22. The molecule has 1 N–H and O–H groups in total. The normalized spacial score (nSPS) is 10.4. The molecule has 3 nitrogen and oxygen atoms in total. The van der Waals surface area contributed by atoms with Gasteiger partial charge in [-0.1, -0.05) is 17.7 Å². The summed E-state index contributed by atoms with van der Waals surface area (Å²) in [6.45, 7) is 5.65. The maximum Gasteiger partial charge on any atom is 0.339 e. The highest BCUT2D eigenvalue weighted by Gasteiger charge is 2.14. The zero-order chi connectivity index (χ0) is 14.9. The van der Waals surface area contributed by atoms with Crippen molar-refractivity contribution in [2.75, 3.05) is 0 Å². The Bertz CT molecular complexity index is 654. The van der Waals surface area contributed by atoms with Crippen molar-refractivity contribution >= 4 is 17.6 Å². The topological polar surface area (TPSA) is 46.5 Å². The first-order valence-electron chi connectivity index (χ1n) is 6.17. The van der Waals surface area contributed by atoms with Gasteiger partial charge in [0.2, 0.25) is 0 Å². The number of rotatable bonds is 3. The van der Waals surface area contributed by atoms with Crippen molar-refractivity contribution in [2.24, 2.45) is 0 Å². The first-order valence-corrected chi connectivity index (χ1v) is 6.55. The number of hydrogen-bond donors (Lipinski definition) is 1. The summed E-state index contributed by atoms with van der Waals surface area (Å²) in [4.78, 5) is 11.2. The zero-order valence-corrected chi connectivity index (χ0v) is 12.3. The molecule has 0 aromatic heterocycles. The summed E-state index contributed by atoms with van der Waals surface area (Å²) in [6, 6.07) is 8.60. The maximum atomic E-state index is 11.2. The molecule has 0 atom stereocenters. The quantitative estimate of drug-likeness (QED) is 0.887. The molecule has 0 aliphatic carbocycles. The van der Waals surface area contributed by atoms with Gasteiger partial charge in [-0.25, -0.2) is 4.79 Å². The summed E-state index contributed by atoms with van der Waals surface area (Å²) in [6.07, 6.45) is 0. The number of carboxylic acids is 1. The highest BCUT2D eigenvalue weighted by atomic mass is 35.5. The smallest absolute Gasteiger partial charge is 0.339 e. The Balaban J connectivity index is 2.50. The van der Waals surface area contributed by atoms with Gasteiger partial charge in [0.05, 0.1) is 0 Å². The van der Waals surface area contributed by atoms with E-state index in [1.807, 2.05) is 20.8 Å². The molecule has 2 aromatic carbocycles. The molecule has 0 fully saturated rings. The van der Waals surface area contributed by atoms with Crippen LogP contribution in [0.25, 0.3) is 0 Å². The third-order valence-electron chi connectivity index (χ3n) is 3.00. The van der Waals surface area contributed by atoms with Crippen molar-refractivity contribution in [3.8, 4) is 11.5 Å². The van der Waals surface area contributed by atoms with E-state index in [0.29, 0.717) is 16.5 Å². The van der Waals surface area contributed by atoms with Crippen LogP contribution >= 0.6 is 11.6 Å². The van der Waals surface area contributed by atoms with E-state index >= 15 is 0 Å². The van der Waals surface area contributed by atoms with Crippen LogP contribution in [0.3, 0.4) is 0 Å². The Morgan fingerprint density at radius 1 is 1.10 bits per heavy atom. The molecule has 0 amide bonds. The van der Waals surface area contributed by atoms with Crippen molar-refractivity contribution in [2.45, 2.75) is 20.8 Å². The monoisotopic (exact) mass is 290 g/mol. The molecule has 4 heteroatoms. The van der Waals surface area contributed by atoms with Crippen LogP contribution in [0.2, 0.25) is 5.02 Å². The van der Waals surface area contributed by atoms with Crippen LogP contribution in [0.15, 0.2) is 30.3 Å². The Morgan fingerprint density at radius 2 is 1.70 bits per heavy atom. The molecule has 0 saturated heterocycles. The Labute approximate surface area is 122 Å². The van der Waals surface area contributed by atoms with Crippen LogP contribution in [-0.2, 0) is 0 Å². The van der Waals surface area contributed by atoms with Gasteiger partial charge in [-0.3, -0.25) is 0 Å². The van der Waals surface area contributed by atoms with E-state index in [1.54, 1.807) is 30.3 Å². The van der Waals surface area contributed by atoms with Crippen molar-refractivity contribution in [1.82, 2.24) is 0 Å². The van der Waals surface area contributed by atoms with Gasteiger partial charge >= 0.3 is 5.97 Å². The first-order chi connectivity index (χ1) is 9.38. The lowest BCUT2D eigenvalue weighted by Gasteiger charge is -2.14. The van der Waals surface area contributed by atoms with Crippen LogP contribution in [0.5, 0.6) is 11.5 Å². The van der Waals surface area contributed by atoms with Crippen LogP contribution in [0.1, 0.15) is 27.0 Å². The highest BCUT2D eigenvalue weighted by Crippen LogP contribution is 2.33. The molecule has 0 aliphatic heterocycles. The number of ether oxygens (including phenoxy) is 1. The summed E-state index contributed by atoms with van der Waals surface area (Å²) in [5, 5.41) is 9.85. The van der Waals surface area contributed by atoms with Crippen molar-refractivity contribution in [1.29, 1.82) is 0 Å². The standard InChI is InChI=1S/C16H15ClO3/c1-9-4-5-13(16(18)19)14(6-9)20-15-10(2)7-12(17)8-11(15)3/h4-8H,1-3H3,(H,18,19). The van der Waals surface area contributed by atoms with Gasteiger partial charge in [0.15, 0.2) is 0 Å². The molecule has 0 aliphatic rings. The van der Waals surface area contributed by atoms with E-state index in [4.69, 9.17) is 16.3 Å². The minimum atomic E-state index is -1.01. The lowest BCUT2D eigenvalue weighted by Crippen LogP contribution is -2.01. The van der Waals surface area contributed by atoms with Crippen LogP contribution in [0.4, 0.5) is 0 Å². The summed E-state index contributed by atoms with van der Waals surface area (Å²) in [5.74, 6) is -0.0298. The van der Waals surface area contributed by atoms with E-state index in [2.05, 4.69) is 0 Å². The SMILES string of the molecule is Cc1ccc(C(=O)O)c(Oc2c(C)cc(Cl)cc2C)c1. The van der Waals surface area contributed by atoms with E-state index in [0.717, 1.165) is 16.7 Å².